The molecule has 1 heterocycles. The summed E-state index contributed by atoms with van der Waals surface area (Å²) in [5.41, 5.74) is 1.35. The monoisotopic (exact) mass is 407 g/mol. The Morgan fingerprint density at radius 3 is 2.66 bits per heavy atom. The van der Waals surface area contributed by atoms with Gasteiger partial charge in [-0.25, -0.2) is 9.98 Å². The van der Waals surface area contributed by atoms with Crippen molar-refractivity contribution in [3.05, 3.63) is 47.7 Å². The number of guanidine groups is 1. The van der Waals surface area contributed by atoms with E-state index in [9.17, 15) is 8.78 Å². The maximum absolute atomic E-state index is 12.7. The third-order valence-corrected chi connectivity index (χ3v) is 3.92. The first-order valence-electron chi connectivity index (χ1n) is 9.20. The van der Waals surface area contributed by atoms with Crippen molar-refractivity contribution in [1.29, 1.82) is 0 Å². The van der Waals surface area contributed by atoms with Gasteiger partial charge in [0, 0.05) is 26.2 Å². The van der Waals surface area contributed by atoms with Crippen molar-refractivity contribution >= 4 is 11.8 Å². The van der Waals surface area contributed by atoms with Crippen LogP contribution in [-0.4, -0.2) is 45.3 Å². The minimum absolute atomic E-state index is 0.0701. The van der Waals surface area contributed by atoms with Crippen LogP contribution >= 0.6 is 0 Å². The lowest BCUT2D eigenvalue weighted by molar-refractivity contribution is -0.0504. The van der Waals surface area contributed by atoms with E-state index in [1.165, 1.54) is 13.2 Å². The molecule has 0 atom stereocenters. The number of alkyl halides is 2. The standard InChI is InChI=1S/C20H27F2N5O2/c1-5-23-20(25-13-15-7-6-8-18(26-15)27(2)3)24-12-14-11-16(28-4)9-10-17(14)29-19(21)22/h6-11,19H,5,12-13H2,1-4H3,(H2,23,24,25). The van der Waals surface area contributed by atoms with Gasteiger partial charge in [0.25, 0.3) is 0 Å². The van der Waals surface area contributed by atoms with E-state index in [-0.39, 0.29) is 12.3 Å². The van der Waals surface area contributed by atoms with Gasteiger partial charge in [-0.1, -0.05) is 6.07 Å². The summed E-state index contributed by atoms with van der Waals surface area (Å²) in [7, 11) is 5.37. The summed E-state index contributed by atoms with van der Waals surface area (Å²) in [5, 5.41) is 6.33. The molecule has 0 unspecified atom stereocenters. The van der Waals surface area contributed by atoms with Gasteiger partial charge in [-0.15, -0.1) is 0 Å². The molecule has 29 heavy (non-hydrogen) atoms. The number of aliphatic imine (C=N–C) groups is 1. The number of halogens is 2. The van der Waals surface area contributed by atoms with Crippen molar-refractivity contribution in [1.82, 2.24) is 15.6 Å². The zero-order valence-electron chi connectivity index (χ0n) is 17.1. The van der Waals surface area contributed by atoms with Crippen molar-refractivity contribution in [2.24, 2.45) is 4.99 Å². The number of methoxy groups -OCH3 is 1. The quantitative estimate of drug-likeness (QED) is 0.492. The Morgan fingerprint density at radius 2 is 2.00 bits per heavy atom. The third kappa shape index (κ3) is 7.10. The smallest absolute Gasteiger partial charge is 0.387 e. The molecule has 0 amide bonds. The number of pyridine rings is 1. The summed E-state index contributed by atoms with van der Waals surface area (Å²) in [6.07, 6.45) is 0. The zero-order chi connectivity index (χ0) is 21.2. The molecule has 7 nitrogen and oxygen atoms in total. The van der Waals surface area contributed by atoms with E-state index in [2.05, 4.69) is 25.3 Å². The molecule has 0 radical (unpaired) electrons. The second-order valence-corrected chi connectivity index (χ2v) is 6.28. The molecule has 2 N–H and O–H groups in total. The van der Waals surface area contributed by atoms with Gasteiger partial charge in [0.05, 0.1) is 25.9 Å². The fourth-order valence-corrected chi connectivity index (χ4v) is 2.51. The summed E-state index contributed by atoms with van der Waals surface area (Å²) in [6, 6.07) is 10.4. The van der Waals surface area contributed by atoms with Gasteiger partial charge in [0.2, 0.25) is 0 Å². The van der Waals surface area contributed by atoms with Gasteiger partial charge in [0.1, 0.15) is 17.3 Å². The van der Waals surface area contributed by atoms with Crippen LogP contribution in [0.1, 0.15) is 18.2 Å². The third-order valence-electron chi connectivity index (χ3n) is 3.92. The molecule has 158 valence electrons. The van der Waals surface area contributed by atoms with Crippen LogP contribution in [0.25, 0.3) is 0 Å². The maximum Gasteiger partial charge on any atom is 0.387 e. The molecule has 0 bridgehead atoms. The number of rotatable bonds is 9. The topological polar surface area (TPSA) is 71.0 Å². The number of hydrogen-bond acceptors (Lipinski definition) is 5. The van der Waals surface area contributed by atoms with Crippen LogP contribution in [0, 0.1) is 0 Å². The molecule has 2 aromatic rings. The summed E-state index contributed by atoms with van der Waals surface area (Å²) >= 11 is 0. The fraction of sp³-hybridized carbons (Fsp3) is 0.400. The summed E-state index contributed by atoms with van der Waals surface area (Å²) in [5.74, 6) is 2.01. The Kier molecular flexibility index (Phi) is 8.45. The number of aromatic nitrogens is 1. The number of hydrogen-bond donors (Lipinski definition) is 2. The molecule has 0 saturated carbocycles. The van der Waals surface area contributed by atoms with Gasteiger partial charge in [-0.05, 0) is 37.3 Å². The van der Waals surface area contributed by atoms with Gasteiger partial charge in [-0.3, -0.25) is 0 Å². The van der Waals surface area contributed by atoms with Gasteiger partial charge >= 0.3 is 6.61 Å². The summed E-state index contributed by atoms with van der Waals surface area (Å²) < 4.78 is 35.1. The predicted molar refractivity (Wildman–Crippen MR) is 110 cm³/mol. The Bertz CT molecular complexity index is 815. The molecule has 1 aromatic heterocycles. The van der Waals surface area contributed by atoms with E-state index < -0.39 is 6.61 Å². The van der Waals surface area contributed by atoms with Crippen molar-refractivity contribution in [2.75, 3.05) is 32.6 Å². The lowest BCUT2D eigenvalue weighted by Crippen LogP contribution is -2.37. The molecule has 0 aliphatic heterocycles. The molecule has 0 aliphatic carbocycles. The number of nitrogens with zero attached hydrogens (tertiary/aromatic N) is 3. The predicted octanol–water partition coefficient (Wildman–Crippen LogP) is 3.01. The molecule has 0 aliphatic rings. The Hall–Kier alpha value is -3.10. The van der Waals surface area contributed by atoms with Crippen LogP contribution < -0.4 is 25.0 Å². The van der Waals surface area contributed by atoms with E-state index in [1.54, 1.807) is 12.1 Å². The molecular weight excluding hydrogens is 380 g/mol. The minimum Gasteiger partial charge on any atom is -0.497 e. The van der Waals surface area contributed by atoms with Crippen LogP contribution in [0.4, 0.5) is 14.6 Å². The average Bonchev–Trinajstić information content (AvgIpc) is 2.70. The van der Waals surface area contributed by atoms with E-state index in [4.69, 9.17) is 4.74 Å². The van der Waals surface area contributed by atoms with E-state index in [0.29, 0.717) is 30.4 Å². The summed E-state index contributed by atoms with van der Waals surface area (Å²) in [6.45, 7) is 0.285. The van der Waals surface area contributed by atoms with E-state index >= 15 is 0 Å². The molecule has 0 fully saturated rings. The Labute approximate surface area is 169 Å². The number of anilines is 1. The second-order valence-electron chi connectivity index (χ2n) is 6.28. The van der Waals surface area contributed by atoms with Gasteiger partial charge in [-0.2, -0.15) is 8.78 Å². The lowest BCUT2D eigenvalue weighted by atomic mass is 10.2. The van der Waals surface area contributed by atoms with Crippen molar-refractivity contribution in [3.8, 4) is 11.5 Å². The lowest BCUT2D eigenvalue weighted by Gasteiger charge is -2.15. The largest absolute Gasteiger partial charge is 0.497 e. The highest BCUT2D eigenvalue weighted by atomic mass is 19.3. The molecule has 0 spiro atoms. The number of ether oxygens (including phenoxy) is 2. The van der Waals surface area contributed by atoms with Gasteiger partial charge < -0.3 is 25.0 Å². The SMILES string of the molecule is CCNC(=NCc1cc(OC)ccc1OC(F)F)NCc1cccc(N(C)C)n1. The zero-order valence-corrected chi connectivity index (χ0v) is 17.1. The van der Waals surface area contributed by atoms with Crippen molar-refractivity contribution < 1.29 is 18.3 Å². The van der Waals surface area contributed by atoms with Crippen molar-refractivity contribution in [3.63, 3.8) is 0 Å². The summed E-state index contributed by atoms with van der Waals surface area (Å²) in [4.78, 5) is 11.0. The fourth-order valence-electron chi connectivity index (χ4n) is 2.51. The molecule has 0 saturated heterocycles. The van der Waals surface area contributed by atoms with Crippen LogP contribution in [0.2, 0.25) is 0 Å². The normalized spacial score (nSPS) is 11.3. The number of benzene rings is 1. The first kappa shape index (κ1) is 22.2. The van der Waals surface area contributed by atoms with Crippen LogP contribution in [0.3, 0.4) is 0 Å². The first-order valence-corrected chi connectivity index (χ1v) is 9.20. The Morgan fingerprint density at radius 1 is 1.21 bits per heavy atom. The highest BCUT2D eigenvalue weighted by Crippen LogP contribution is 2.26. The van der Waals surface area contributed by atoms with Crippen LogP contribution in [-0.2, 0) is 13.1 Å². The van der Waals surface area contributed by atoms with Crippen LogP contribution in [0.15, 0.2) is 41.4 Å². The van der Waals surface area contributed by atoms with E-state index in [1.807, 2.05) is 44.1 Å². The second kappa shape index (κ2) is 11.0. The highest BCUT2D eigenvalue weighted by molar-refractivity contribution is 5.79. The Balaban J connectivity index is 2.13. The molecule has 2 rings (SSSR count). The average molecular weight is 407 g/mol. The maximum atomic E-state index is 12.7. The molecule has 1 aromatic carbocycles. The van der Waals surface area contributed by atoms with Crippen LogP contribution in [0.5, 0.6) is 11.5 Å². The minimum atomic E-state index is -2.91. The first-order chi connectivity index (χ1) is 13.9. The molecular formula is C20H27F2N5O2. The van der Waals surface area contributed by atoms with Crippen molar-refractivity contribution in [2.45, 2.75) is 26.6 Å². The molecule has 9 heteroatoms. The van der Waals surface area contributed by atoms with Gasteiger partial charge in [0.15, 0.2) is 5.96 Å². The number of nitrogens with one attached hydrogen (secondary N) is 2. The highest BCUT2D eigenvalue weighted by Gasteiger charge is 2.11. The van der Waals surface area contributed by atoms with E-state index in [0.717, 1.165) is 11.5 Å².